The van der Waals surface area contributed by atoms with E-state index in [1.165, 1.54) is 0 Å². The van der Waals surface area contributed by atoms with Gasteiger partial charge in [-0.15, -0.1) is 0 Å². The third-order valence-electron chi connectivity index (χ3n) is 5.66. The number of rotatable bonds is 6. The van der Waals surface area contributed by atoms with E-state index in [0.717, 1.165) is 20.9 Å². The number of halogens is 1. The summed E-state index contributed by atoms with van der Waals surface area (Å²) < 4.78 is 8.63. The Hall–Kier alpha value is -3.49. The maximum atomic E-state index is 13.6. The standard InChI is InChI=1S/C25H20BrN3O4/c26-17-4-5-22-19(10-17)23(28-32)20-11-18(33-8-2-7-30)12-21-24(20)29(22)14-16(25(21)31)9-15-3-1-6-27-13-15/h1,3-6,10-14,30,32H,2,7-9H2/b28-23+. The number of benzene rings is 2. The minimum atomic E-state index is -0.114. The van der Waals surface area contributed by atoms with Crippen molar-refractivity contribution in [2.75, 3.05) is 13.2 Å². The summed E-state index contributed by atoms with van der Waals surface area (Å²) in [6.45, 7) is 0.312. The maximum absolute atomic E-state index is 13.6. The Labute approximate surface area is 196 Å². The second kappa shape index (κ2) is 8.80. The largest absolute Gasteiger partial charge is 0.493 e. The number of hydrogen-bond donors (Lipinski definition) is 2. The second-order valence-corrected chi connectivity index (χ2v) is 8.71. The molecule has 0 fully saturated rings. The number of hydrogen-bond acceptors (Lipinski definition) is 6. The fourth-order valence-corrected chi connectivity index (χ4v) is 4.57. The van der Waals surface area contributed by atoms with Crippen molar-refractivity contribution in [2.24, 2.45) is 5.16 Å². The van der Waals surface area contributed by atoms with Crippen LogP contribution in [-0.4, -0.2) is 32.9 Å². The van der Waals surface area contributed by atoms with E-state index < -0.39 is 0 Å². The van der Waals surface area contributed by atoms with Gasteiger partial charge in [0.15, 0.2) is 5.43 Å². The fourth-order valence-electron chi connectivity index (χ4n) is 4.21. The van der Waals surface area contributed by atoms with Gasteiger partial charge < -0.3 is 19.5 Å². The van der Waals surface area contributed by atoms with Crippen LogP contribution < -0.4 is 15.5 Å². The van der Waals surface area contributed by atoms with Gasteiger partial charge in [0, 0.05) is 58.8 Å². The van der Waals surface area contributed by atoms with Crippen LogP contribution in [0.1, 0.15) is 17.5 Å². The first kappa shape index (κ1) is 21.4. The van der Waals surface area contributed by atoms with Crippen molar-refractivity contribution in [1.82, 2.24) is 9.38 Å². The Morgan fingerprint density at radius 2 is 1.97 bits per heavy atom. The summed E-state index contributed by atoms with van der Waals surface area (Å²) in [5.74, 6) is 0.479. The van der Waals surface area contributed by atoms with Crippen molar-refractivity contribution < 1.29 is 15.1 Å². The molecule has 3 aromatic heterocycles. The van der Waals surface area contributed by atoms with Gasteiger partial charge in [-0.05, 0) is 42.0 Å². The molecule has 0 saturated heterocycles. The monoisotopic (exact) mass is 505 g/mol. The quantitative estimate of drug-likeness (QED) is 0.120. The van der Waals surface area contributed by atoms with Gasteiger partial charge in [0.05, 0.1) is 23.0 Å². The molecule has 0 aliphatic carbocycles. The van der Waals surface area contributed by atoms with Gasteiger partial charge in [0.1, 0.15) is 11.1 Å². The Kier molecular flexibility index (Phi) is 5.70. The van der Waals surface area contributed by atoms with Crippen LogP contribution in [0.15, 0.2) is 75.5 Å². The van der Waals surface area contributed by atoms with E-state index in [2.05, 4.69) is 26.1 Å². The molecular formula is C25H20BrN3O4. The minimum absolute atomic E-state index is 0.00720. The van der Waals surface area contributed by atoms with Crippen LogP contribution in [0.3, 0.4) is 0 Å². The van der Waals surface area contributed by atoms with E-state index in [0.29, 0.717) is 52.4 Å². The SMILES string of the molecule is O=c1c(Cc2cccnc2)cn2c3ccc(Br)cc3/c(=N\O)c3cc(OCCCO)cc1c32. The molecule has 0 atom stereocenters. The van der Waals surface area contributed by atoms with E-state index in [1.54, 1.807) is 24.5 Å². The summed E-state index contributed by atoms with van der Waals surface area (Å²) in [6, 6.07) is 13.0. The van der Waals surface area contributed by atoms with Gasteiger partial charge in [0.2, 0.25) is 0 Å². The molecule has 5 rings (SSSR count). The number of aromatic nitrogens is 2. The Bertz CT molecular complexity index is 1600. The van der Waals surface area contributed by atoms with Gasteiger partial charge in [-0.25, -0.2) is 0 Å². The molecular weight excluding hydrogens is 486 g/mol. The minimum Gasteiger partial charge on any atom is -0.493 e. The van der Waals surface area contributed by atoms with Gasteiger partial charge in [-0.3, -0.25) is 9.78 Å². The van der Waals surface area contributed by atoms with E-state index in [9.17, 15) is 10.0 Å². The fraction of sp³-hybridized carbons (Fsp3) is 0.160. The molecule has 0 aliphatic rings. The predicted molar refractivity (Wildman–Crippen MR) is 129 cm³/mol. The zero-order valence-corrected chi connectivity index (χ0v) is 19.1. The summed E-state index contributed by atoms with van der Waals surface area (Å²) in [7, 11) is 0. The highest BCUT2D eigenvalue weighted by atomic mass is 79.9. The molecule has 7 nitrogen and oxygen atoms in total. The summed E-state index contributed by atoms with van der Waals surface area (Å²) in [5.41, 5.74) is 2.91. The number of aliphatic hydroxyl groups is 1. The van der Waals surface area contributed by atoms with Crippen molar-refractivity contribution in [3.05, 3.63) is 92.2 Å². The van der Waals surface area contributed by atoms with E-state index >= 15 is 0 Å². The molecule has 0 unspecified atom stereocenters. The Morgan fingerprint density at radius 1 is 1.12 bits per heavy atom. The summed E-state index contributed by atoms with van der Waals surface area (Å²) >= 11 is 3.50. The lowest BCUT2D eigenvalue weighted by atomic mass is 10.0. The van der Waals surface area contributed by atoms with Crippen LogP contribution in [0.2, 0.25) is 0 Å². The zero-order valence-electron chi connectivity index (χ0n) is 17.5. The lowest BCUT2D eigenvalue weighted by Gasteiger charge is -2.16. The van der Waals surface area contributed by atoms with Crippen LogP contribution >= 0.6 is 15.9 Å². The highest BCUT2D eigenvalue weighted by Crippen LogP contribution is 2.29. The average molecular weight is 506 g/mol. The molecule has 166 valence electrons. The van der Waals surface area contributed by atoms with E-state index in [4.69, 9.17) is 9.84 Å². The van der Waals surface area contributed by atoms with Crippen LogP contribution in [0.5, 0.6) is 5.75 Å². The first-order valence-electron chi connectivity index (χ1n) is 10.5. The van der Waals surface area contributed by atoms with Gasteiger partial charge in [0.25, 0.3) is 0 Å². The molecule has 2 aromatic carbocycles. The highest BCUT2D eigenvalue weighted by molar-refractivity contribution is 9.10. The lowest BCUT2D eigenvalue weighted by molar-refractivity contribution is 0.234. The normalized spacial score (nSPS) is 12.2. The molecule has 2 N–H and O–H groups in total. The van der Waals surface area contributed by atoms with Crippen LogP contribution in [0.4, 0.5) is 0 Å². The molecule has 0 aliphatic heterocycles. The summed E-state index contributed by atoms with van der Waals surface area (Å²) in [6.07, 6.45) is 6.21. The molecule has 0 saturated carbocycles. The smallest absolute Gasteiger partial charge is 0.193 e. The summed E-state index contributed by atoms with van der Waals surface area (Å²) in [5, 5.41) is 24.8. The first-order chi connectivity index (χ1) is 16.1. The van der Waals surface area contributed by atoms with E-state index in [-0.39, 0.29) is 12.0 Å². The van der Waals surface area contributed by atoms with Gasteiger partial charge in [-0.2, -0.15) is 0 Å². The number of nitrogens with zero attached hydrogens (tertiary/aromatic N) is 3. The maximum Gasteiger partial charge on any atom is 0.193 e. The second-order valence-electron chi connectivity index (χ2n) is 7.79. The van der Waals surface area contributed by atoms with Crippen LogP contribution in [0, 0.1) is 0 Å². The average Bonchev–Trinajstić information content (AvgIpc) is 2.82. The molecule has 0 bridgehead atoms. The molecule has 0 radical (unpaired) electrons. The molecule has 8 heteroatoms. The molecule has 3 heterocycles. The number of pyridine rings is 3. The van der Waals surface area contributed by atoms with Crippen molar-refractivity contribution in [3.8, 4) is 5.75 Å². The van der Waals surface area contributed by atoms with Gasteiger partial charge in [-0.1, -0.05) is 27.2 Å². The van der Waals surface area contributed by atoms with E-state index in [1.807, 2.05) is 40.9 Å². The lowest BCUT2D eigenvalue weighted by Crippen LogP contribution is -2.18. The molecule has 33 heavy (non-hydrogen) atoms. The third kappa shape index (κ3) is 3.81. The first-order valence-corrected chi connectivity index (χ1v) is 11.3. The van der Waals surface area contributed by atoms with Crippen molar-refractivity contribution in [1.29, 1.82) is 0 Å². The topological polar surface area (TPSA) is 96.4 Å². The molecule has 0 spiro atoms. The third-order valence-corrected chi connectivity index (χ3v) is 6.16. The number of ether oxygens (including phenoxy) is 1. The van der Waals surface area contributed by atoms with Crippen molar-refractivity contribution >= 4 is 43.1 Å². The van der Waals surface area contributed by atoms with Gasteiger partial charge >= 0.3 is 0 Å². The number of aliphatic hydroxyl groups excluding tert-OH is 1. The highest BCUT2D eigenvalue weighted by Gasteiger charge is 2.17. The predicted octanol–water partition coefficient (Wildman–Crippen LogP) is 3.84. The Morgan fingerprint density at radius 3 is 2.73 bits per heavy atom. The molecule has 0 amide bonds. The molecule has 5 aromatic rings. The van der Waals surface area contributed by atoms with Crippen LogP contribution in [-0.2, 0) is 6.42 Å². The Balaban J connectivity index is 1.89. The number of fused-ring (bicyclic) bond motifs is 2. The van der Waals surface area contributed by atoms with Crippen molar-refractivity contribution in [2.45, 2.75) is 12.8 Å². The zero-order chi connectivity index (χ0) is 22.9. The van der Waals surface area contributed by atoms with Crippen LogP contribution in [0.25, 0.3) is 27.2 Å². The summed E-state index contributed by atoms with van der Waals surface area (Å²) in [4.78, 5) is 17.7. The van der Waals surface area contributed by atoms with Crippen molar-refractivity contribution in [3.63, 3.8) is 0 Å².